The molecule has 0 rings (SSSR count). The average molecular weight is 258 g/mol. The molecule has 5 nitrogen and oxygen atoms in total. The fraction of sp³-hybridized carbons (Fsp3) is 0.889. The number of carbonyl (C=O) groups is 1. The lowest BCUT2D eigenvalue weighted by molar-refractivity contribution is -0.137. The molecule has 0 saturated heterocycles. The summed E-state index contributed by atoms with van der Waals surface area (Å²) in [5.74, 6) is -0.555. The Morgan fingerprint density at radius 2 is 1.82 bits per heavy atom. The van der Waals surface area contributed by atoms with Crippen LogP contribution in [0.4, 0.5) is 13.2 Å². The van der Waals surface area contributed by atoms with Crippen molar-refractivity contribution in [2.45, 2.75) is 25.4 Å². The standard InChI is InChI=1S/C9H17F3N2O3/c1-6(8(16-2)17-3)14-7(15)4-13-5-9(10,11)12/h6,8,13H,4-5H2,1-3H3,(H,14,15). The van der Waals surface area contributed by atoms with Crippen LogP contribution in [0.1, 0.15) is 6.92 Å². The molecule has 0 aromatic heterocycles. The molecular formula is C9H17F3N2O3. The van der Waals surface area contributed by atoms with Gasteiger partial charge >= 0.3 is 6.18 Å². The maximum atomic E-state index is 11.8. The Kier molecular flexibility index (Phi) is 7.09. The zero-order valence-electron chi connectivity index (χ0n) is 9.93. The number of amides is 1. The van der Waals surface area contributed by atoms with Crippen LogP contribution in [-0.4, -0.2) is 51.7 Å². The van der Waals surface area contributed by atoms with Crippen molar-refractivity contribution in [1.29, 1.82) is 0 Å². The molecule has 1 unspecified atom stereocenters. The van der Waals surface area contributed by atoms with E-state index in [1.165, 1.54) is 14.2 Å². The first kappa shape index (κ1) is 16.1. The lowest BCUT2D eigenvalue weighted by Gasteiger charge is -2.22. The van der Waals surface area contributed by atoms with E-state index in [-0.39, 0.29) is 0 Å². The van der Waals surface area contributed by atoms with Crippen molar-refractivity contribution in [3.8, 4) is 0 Å². The van der Waals surface area contributed by atoms with Gasteiger partial charge in [-0.1, -0.05) is 0 Å². The van der Waals surface area contributed by atoms with Crippen LogP contribution in [0.25, 0.3) is 0 Å². The molecule has 1 amide bonds. The number of hydrogen-bond acceptors (Lipinski definition) is 4. The van der Waals surface area contributed by atoms with E-state index in [9.17, 15) is 18.0 Å². The van der Waals surface area contributed by atoms with Gasteiger partial charge in [0.1, 0.15) is 0 Å². The Morgan fingerprint density at radius 1 is 1.29 bits per heavy atom. The molecule has 0 aliphatic rings. The average Bonchev–Trinajstić information content (AvgIpc) is 2.17. The van der Waals surface area contributed by atoms with E-state index in [0.29, 0.717) is 0 Å². The minimum absolute atomic E-state index is 0.413. The van der Waals surface area contributed by atoms with E-state index in [1.54, 1.807) is 6.92 Å². The zero-order chi connectivity index (χ0) is 13.5. The lowest BCUT2D eigenvalue weighted by Crippen LogP contribution is -2.46. The van der Waals surface area contributed by atoms with Gasteiger partial charge in [0, 0.05) is 14.2 Å². The molecule has 102 valence electrons. The summed E-state index contributed by atoms with van der Waals surface area (Å²) in [7, 11) is 2.80. The highest BCUT2D eigenvalue weighted by Gasteiger charge is 2.26. The molecule has 0 fully saturated rings. The third kappa shape index (κ3) is 7.94. The van der Waals surface area contributed by atoms with Gasteiger partial charge in [-0.2, -0.15) is 13.2 Å². The first-order chi connectivity index (χ1) is 7.80. The van der Waals surface area contributed by atoms with Crippen LogP contribution in [0.15, 0.2) is 0 Å². The quantitative estimate of drug-likeness (QED) is 0.643. The zero-order valence-corrected chi connectivity index (χ0v) is 9.93. The minimum atomic E-state index is -4.33. The minimum Gasteiger partial charge on any atom is -0.354 e. The third-order valence-electron chi connectivity index (χ3n) is 1.87. The number of alkyl halides is 3. The molecular weight excluding hydrogens is 241 g/mol. The van der Waals surface area contributed by atoms with Gasteiger partial charge in [0.25, 0.3) is 0 Å². The summed E-state index contributed by atoms with van der Waals surface area (Å²) in [6, 6.07) is -0.454. The smallest absolute Gasteiger partial charge is 0.354 e. The maximum Gasteiger partial charge on any atom is 0.401 e. The van der Waals surface area contributed by atoms with Crippen molar-refractivity contribution in [3.63, 3.8) is 0 Å². The van der Waals surface area contributed by atoms with Gasteiger partial charge < -0.3 is 20.1 Å². The van der Waals surface area contributed by atoms with Crippen LogP contribution in [0.5, 0.6) is 0 Å². The molecule has 0 spiro atoms. The van der Waals surface area contributed by atoms with E-state index in [0.717, 1.165) is 0 Å². The second kappa shape index (κ2) is 7.46. The summed E-state index contributed by atoms with van der Waals surface area (Å²) in [5, 5.41) is 4.44. The van der Waals surface area contributed by atoms with Crippen LogP contribution in [0.3, 0.4) is 0 Å². The summed E-state index contributed by atoms with van der Waals surface area (Å²) < 4.78 is 45.1. The molecule has 0 radical (unpaired) electrons. The predicted octanol–water partition coefficient (Wildman–Crippen LogP) is 0.262. The fourth-order valence-electron chi connectivity index (χ4n) is 1.20. The van der Waals surface area contributed by atoms with Crippen LogP contribution in [0.2, 0.25) is 0 Å². The highest BCUT2D eigenvalue weighted by molar-refractivity contribution is 5.78. The van der Waals surface area contributed by atoms with Gasteiger partial charge in [-0.15, -0.1) is 0 Å². The van der Waals surface area contributed by atoms with Crippen molar-refractivity contribution in [2.24, 2.45) is 0 Å². The summed E-state index contributed by atoms with van der Waals surface area (Å²) in [4.78, 5) is 11.2. The molecule has 0 aliphatic heterocycles. The second-order valence-corrected chi connectivity index (χ2v) is 3.41. The molecule has 17 heavy (non-hydrogen) atoms. The van der Waals surface area contributed by atoms with Gasteiger partial charge in [0.2, 0.25) is 5.91 Å². The number of hydrogen-bond donors (Lipinski definition) is 2. The highest BCUT2D eigenvalue weighted by Crippen LogP contribution is 2.11. The summed E-state index contributed by atoms with van der Waals surface area (Å²) in [6.45, 7) is 0.0100. The van der Waals surface area contributed by atoms with Gasteiger partial charge in [0.05, 0.1) is 19.1 Å². The van der Waals surface area contributed by atoms with Gasteiger partial charge in [-0.25, -0.2) is 0 Å². The van der Waals surface area contributed by atoms with Crippen LogP contribution >= 0.6 is 0 Å². The first-order valence-electron chi connectivity index (χ1n) is 4.92. The number of methoxy groups -OCH3 is 2. The van der Waals surface area contributed by atoms with Crippen LogP contribution in [-0.2, 0) is 14.3 Å². The lowest BCUT2D eigenvalue weighted by atomic mass is 10.3. The van der Waals surface area contributed by atoms with E-state index >= 15 is 0 Å². The fourth-order valence-corrected chi connectivity index (χ4v) is 1.20. The normalized spacial score (nSPS) is 13.8. The van der Waals surface area contributed by atoms with Crippen molar-refractivity contribution >= 4 is 5.91 Å². The van der Waals surface area contributed by atoms with E-state index in [4.69, 9.17) is 9.47 Å². The molecule has 8 heteroatoms. The molecule has 0 aromatic carbocycles. The van der Waals surface area contributed by atoms with Crippen molar-refractivity contribution < 1.29 is 27.4 Å². The highest BCUT2D eigenvalue weighted by atomic mass is 19.4. The Labute approximate surface area is 97.6 Å². The molecule has 2 N–H and O–H groups in total. The van der Waals surface area contributed by atoms with Crippen molar-refractivity contribution in [1.82, 2.24) is 10.6 Å². The second-order valence-electron chi connectivity index (χ2n) is 3.41. The third-order valence-corrected chi connectivity index (χ3v) is 1.87. The van der Waals surface area contributed by atoms with Gasteiger partial charge in [0.15, 0.2) is 6.29 Å². The SMILES string of the molecule is COC(OC)C(C)NC(=O)CNCC(F)(F)F. The Bertz CT molecular complexity index is 232. The predicted molar refractivity (Wildman–Crippen MR) is 54.3 cm³/mol. The molecule has 1 atom stereocenters. The summed E-state index contributed by atoms with van der Waals surface area (Å²) >= 11 is 0. The Morgan fingerprint density at radius 3 is 2.24 bits per heavy atom. The monoisotopic (exact) mass is 258 g/mol. The number of ether oxygens (including phenoxy) is 2. The number of nitrogens with one attached hydrogen (secondary N) is 2. The van der Waals surface area contributed by atoms with E-state index < -0.39 is 37.5 Å². The largest absolute Gasteiger partial charge is 0.401 e. The van der Waals surface area contributed by atoms with Gasteiger partial charge in [-0.3, -0.25) is 4.79 Å². The topological polar surface area (TPSA) is 59.6 Å². The molecule has 0 aliphatic carbocycles. The Hall–Kier alpha value is -0.860. The van der Waals surface area contributed by atoms with E-state index in [2.05, 4.69) is 5.32 Å². The number of carbonyl (C=O) groups excluding carboxylic acids is 1. The van der Waals surface area contributed by atoms with Crippen molar-refractivity contribution in [3.05, 3.63) is 0 Å². The molecule has 0 heterocycles. The maximum absolute atomic E-state index is 11.8. The number of halogens is 3. The molecule has 0 bridgehead atoms. The summed E-state index contributed by atoms with van der Waals surface area (Å²) in [5.41, 5.74) is 0. The van der Waals surface area contributed by atoms with Crippen molar-refractivity contribution in [2.75, 3.05) is 27.3 Å². The summed E-state index contributed by atoms with van der Waals surface area (Å²) in [6.07, 6.45) is -4.96. The molecule has 0 saturated carbocycles. The number of rotatable bonds is 7. The van der Waals surface area contributed by atoms with Crippen LogP contribution < -0.4 is 10.6 Å². The molecule has 0 aromatic rings. The van der Waals surface area contributed by atoms with E-state index in [1.807, 2.05) is 5.32 Å². The first-order valence-corrected chi connectivity index (χ1v) is 4.92. The van der Waals surface area contributed by atoms with Crippen LogP contribution in [0, 0.1) is 0 Å². The Balaban J connectivity index is 3.86. The van der Waals surface area contributed by atoms with Gasteiger partial charge in [-0.05, 0) is 6.92 Å².